The van der Waals surface area contributed by atoms with Crippen molar-refractivity contribution in [2.24, 2.45) is 5.84 Å². The minimum atomic E-state index is -0.313. The summed E-state index contributed by atoms with van der Waals surface area (Å²) in [5.41, 5.74) is 4.42. The Bertz CT molecular complexity index is 1580. The summed E-state index contributed by atoms with van der Waals surface area (Å²) in [5, 5.41) is 13.8. The van der Waals surface area contributed by atoms with Gasteiger partial charge >= 0.3 is 0 Å². The molecule has 1 saturated heterocycles. The number of hydrazine groups is 1. The number of carbonyl (C=O) groups excluding carboxylic acids is 1. The second-order valence-electron chi connectivity index (χ2n) is 10.1. The third-order valence-corrected chi connectivity index (χ3v) is 7.24. The number of nitrogens with two attached hydrogens (primary N) is 1. The van der Waals surface area contributed by atoms with Crippen molar-refractivity contribution in [2.75, 3.05) is 56.7 Å². The van der Waals surface area contributed by atoms with E-state index < -0.39 is 0 Å². The molecular weight excluding hydrogens is 516 g/mol. The van der Waals surface area contributed by atoms with Gasteiger partial charge in [0, 0.05) is 50.6 Å². The number of amides is 1. The fraction of sp³-hybridized carbons (Fsp3) is 0.258. The van der Waals surface area contributed by atoms with Crippen LogP contribution in [-0.2, 0) is 6.54 Å². The van der Waals surface area contributed by atoms with Gasteiger partial charge in [-0.2, -0.15) is 5.26 Å². The molecule has 3 N–H and O–H groups in total. The van der Waals surface area contributed by atoms with Gasteiger partial charge in [0.2, 0.25) is 0 Å². The zero-order chi connectivity index (χ0) is 28.8. The maximum Gasteiger partial charge on any atom is 0.274 e. The van der Waals surface area contributed by atoms with Gasteiger partial charge in [0.1, 0.15) is 23.7 Å². The monoisotopic (exact) mass is 550 g/mol. The summed E-state index contributed by atoms with van der Waals surface area (Å²) in [6.07, 6.45) is 5.01. The van der Waals surface area contributed by atoms with Gasteiger partial charge in [0.05, 0.1) is 35.7 Å². The summed E-state index contributed by atoms with van der Waals surface area (Å²) in [4.78, 5) is 22.5. The molecule has 0 saturated carbocycles. The average Bonchev–Trinajstić information content (AvgIpc) is 3.41. The van der Waals surface area contributed by atoms with Crippen molar-refractivity contribution in [3.05, 3.63) is 96.0 Å². The highest BCUT2D eigenvalue weighted by molar-refractivity contribution is 6.05. The summed E-state index contributed by atoms with van der Waals surface area (Å²) >= 11 is 0. The molecule has 1 aliphatic rings. The molecule has 10 nitrogen and oxygen atoms in total. The lowest BCUT2D eigenvalue weighted by atomic mass is 10.1. The zero-order valence-electron chi connectivity index (χ0n) is 23.2. The van der Waals surface area contributed by atoms with Crippen LogP contribution >= 0.6 is 0 Å². The van der Waals surface area contributed by atoms with E-state index in [0.29, 0.717) is 52.7 Å². The maximum absolute atomic E-state index is 13.3. The van der Waals surface area contributed by atoms with E-state index in [1.807, 2.05) is 36.4 Å². The van der Waals surface area contributed by atoms with Gasteiger partial charge < -0.3 is 20.0 Å². The van der Waals surface area contributed by atoms with Crippen molar-refractivity contribution in [2.45, 2.75) is 6.54 Å². The van der Waals surface area contributed by atoms with Crippen LogP contribution in [0.5, 0.6) is 5.75 Å². The van der Waals surface area contributed by atoms with Gasteiger partial charge in [-0.3, -0.25) is 14.1 Å². The number of rotatable bonds is 10. The Kier molecular flexibility index (Phi) is 8.60. The van der Waals surface area contributed by atoms with Crippen molar-refractivity contribution in [1.29, 1.82) is 5.26 Å². The molecule has 10 heteroatoms. The van der Waals surface area contributed by atoms with E-state index in [1.54, 1.807) is 46.1 Å². The number of hydrogen-bond donors (Lipinski definition) is 2. The molecule has 0 atom stereocenters. The van der Waals surface area contributed by atoms with Crippen LogP contribution in [0.25, 0.3) is 11.7 Å². The van der Waals surface area contributed by atoms with Crippen LogP contribution in [0.2, 0.25) is 0 Å². The van der Waals surface area contributed by atoms with Gasteiger partial charge in [0.25, 0.3) is 5.91 Å². The molecule has 41 heavy (non-hydrogen) atoms. The maximum atomic E-state index is 13.3. The summed E-state index contributed by atoms with van der Waals surface area (Å²) in [6.45, 7) is 10.0. The van der Waals surface area contributed by atoms with Gasteiger partial charge in [-0.25, -0.2) is 10.8 Å². The van der Waals surface area contributed by atoms with Crippen LogP contribution in [0.4, 0.5) is 11.4 Å². The number of ether oxygens (including phenoxy) is 1. The van der Waals surface area contributed by atoms with E-state index in [4.69, 9.17) is 10.6 Å². The Hall–Kier alpha value is -4.69. The van der Waals surface area contributed by atoms with Crippen molar-refractivity contribution in [1.82, 2.24) is 19.2 Å². The van der Waals surface area contributed by atoms with Crippen LogP contribution in [0, 0.1) is 11.3 Å². The Morgan fingerprint density at radius 2 is 2.00 bits per heavy atom. The van der Waals surface area contributed by atoms with Crippen LogP contribution < -0.4 is 20.9 Å². The van der Waals surface area contributed by atoms with Gasteiger partial charge in [0.15, 0.2) is 0 Å². The summed E-state index contributed by atoms with van der Waals surface area (Å²) < 4.78 is 7.71. The van der Waals surface area contributed by atoms with E-state index in [1.165, 1.54) is 0 Å². The van der Waals surface area contributed by atoms with E-state index in [-0.39, 0.29) is 5.91 Å². The van der Waals surface area contributed by atoms with Crippen LogP contribution in [0.15, 0.2) is 73.6 Å². The number of pyridine rings is 1. The van der Waals surface area contributed by atoms with Crippen molar-refractivity contribution in [3.8, 4) is 11.8 Å². The molecule has 2 aromatic heterocycles. The number of anilines is 2. The highest BCUT2D eigenvalue weighted by atomic mass is 16.5. The molecule has 0 unspecified atom stereocenters. The summed E-state index contributed by atoms with van der Waals surface area (Å²) in [6, 6.07) is 18.6. The number of nitrogens with zero attached hydrogens (tertiary/aromatic N) is 6. The number of nitrogens with one attached hydrogen (secondary N) is 1. The molecule has 1 aliphatic heterocycles. The standard InChI is InChI=1S/C31H34N8O2/c1-3-26-27(8-5-9-28(26)39(33)22-24-7-4-6-23(18-24)20-32)35-31(40)29-21-34-30-19-25(10-11-38(29)30)41-17-16-37-14-12-36(2)13-15-37/h3-11,18-19,21H,1,12-17,22,33H2,2H3,(H,35,40). The summed E-state index contributed by atoms with van der Waals surface area (Å²) in [7, 11) is 2.14. The molecule has 3 heterocycles. The van der Waals surface area contributed by atoms with Crippen molar-refractivity contribution >= 4 is 29.0 Å². The zero-order valence-corrected chi connectivity index (χ0v) is 23.2. The number of nitriles is 1. The number of benzene rings is 2. The molecule has 5 rings (SSSR count). The number of hydrogen-bond acceptors (Lipinski definition) is 8. The minimum Gasteiger partial charge on any atom is -0.492 e. The summed E-state index contributed by atoms with van der Waals surface area (Å²) in [5.74, 6) is 6.82. The lowest BCUT2D eigenvalue weighted by Gasteiger charge is -2.32. The fourth-order valence-electron chi connectivity index (χ4n) is 4.92. The smallest absolute Gasteiger partial charge is 0.274 e. The second-order valence-corrected chi connectivity index (χ2v) is 10.1. The first-order valence-electron chi connectivity index (χ1n) is 13.5. The molecule has 0 bridgehead atoms. The number of fused-ring (bicyclic) bond motifs is 1. The molecule has 210 valence electrons. The number of aromatic nitrogens is 2. The topological polar surface area (TPSA) is 115 Å². The van der Waals surface area contributed by atoms with Crippen LogP contribution in [0.1, 0.15) is 27.2 Å². The largest absolute Gasteiger partial charge is 0.492 e. The molecule has 0 spiro atoms. The molecule has 0 aliphatic carbocycles. The Labute approximate surface area is 239 Å². The number of piperazine rings is 1. The molecule has 0 radical (unpaired) electrons. The van der Waals surface area contributed by atoms with Gasteiger partial charge in [-0.15, -0.1) is 0 Å². The number of imidazole rings is 1. The van der Waals surface area contributed by atoms with E-state index in [2.05, 4.69) is 39.8 Å². The molecule has 1 amide bonds. The third kappa shape index (κ3) is 6.56. The lowest BCUT2D eigenvalue weighted by Crippen LogP contribution is -2.45. The molecule has 1 fully saturated rings. The first-order valence-corrected chi connectivity index (χ1v) is 13.5. The normalized spacial score (nSPS) is 14.0. The second kappa shape index (κ2) is 12.7. The fourth-order valence-corrected chi connectivity index (χ4v) is 4.92. The van der Waals surface area contributed by atoms with Crippen molar-refractivity contribution < 1.29 is 9.53 Å². The first-order chi connectivity index (χ1) is 19.9. The Morgan fingerprint density at radius 1 is 1.20 bits per heavy atom. The SMILES string of the molecule is C=Cc1c(NC(=O)c2cnc3cc(OCCN4CCN(C)CC4)ccn23)cccc1N(N)Cc1cccc(C#N)c1. The number of carbonyl (C=O) groups is 1. The van der Waals surface area contributed by atoms with E-state index >= 15 is 0 Å². The predicted octanol–water partition coefficient (Wildman–Crippen LogP) is 3.61. The molecule has 4 aromatic rings. The lowest BCUT2D eigenvalue weighted by molar-refractivity contribution is 0.102. The van der Waals surface area contributed by atoms with Crippen LogP contribution in [0.3, 0.4) is 0 Å². The third-order valence-electron chi connectivity index (χ3n) is 7.24. The highest BCUT2D eigenvalue weighted by Crippen LogP contribution is 2.29. The first kappa shape index (κ1) is 27.9. The van der Waals surface area contributed by atoms with Crippen LogP contribution in [-0.4, -0.2) is 71.5 Å². The Morgan fingerprint density at radius 3 is 2.78 bits per heavy atom. The predicted molar refractivity (Wildman–Crippen MR) is 161 cm³/mol. The van der Waals surface area contributed by atoms with E-state index in [9.17, 15) is 10.1 Å². The Balaban J connectivity index is 1.26. The van der Waals surface area contributed by atoms with Crippen molar-refractivity contribution in [3.63, 3.8) is 0 Å². The number of likely N-dealkylation sites (N-methyl/N-ethyl adjacent to an activating group) is 1. The minimum absolute atomic E-state index is 0.313. The highest BCUT2D eigenvalue weighted by Gasteiger charge is 2.17. The van der Waals surface area contributed by atoms with Gasteiger partial charge in [-0.05, 0) is 42.9 Å². The van der Waals surface area contributed by atoms with Gasteiger partial charge in [-0.1, -0.05) is 30.9 Å². The molecule has 2 aromatic carbocycles. The average molecular weight is 551 g/mol. The quantitative estimate of drug-likeness (QED) is 0.227. The molecular formula is C31H34N8O2. The van der Waals surface area contributed by atoms with E-state index in [0.717, 1.165) is 38.3 Å².